The largest absolute Gasteiger partial charge is 0.326 e. The van der Waals surface area contributed by atoms with Crippen molar-refractivity contribution in [3.63, 3.8) is 0 Å². The summed E-state index contributed by atoms with van der Waals surface area (Å²) < 4.78 is 1.00. The van der Waals surface area contributed by atoms with E-state index in [9.17, 15) is 4.79 Å². The van der Waals surface area contributed by atoms with Crippen molar-refractivity contribution in [1.82, 2.24) is 0 Å². The van der Waals surface area contributed by atoms with Gasteiger partial charge in [-0.25, -0.2) is 0 Å². The van der Waals surface area contributed by atoms with Crippen LogP contribution < -0.4 is 10.6 Å². The number of nitrogens with two attached hydrogens (primary N) is 1. The van der Waals surface area contributed by atoms with Gasteiger partial charge in [0, 0.05) is 29.2 Å². The summed E-state index contributed by atoms with van der Waals surface area (Å²) in [6.07, 6.45) is 1.16. The zero-order chi connectivity index (χ0) is 13.1. The van der Waals surface area contributed by atoms with Gasteiger partial charge >= 0.3 is 0 Å². The van der Waals surface area contributed by atoms with Crippen molar-refractivity contribution < 1.29 is 4.79 Å². The quantitative estimate of drug-likeness (QED) is 0.929. The second kappa shape index (κ2) is 5.65. The Morgan fingerprint density at radius 1 is 1.35 bits per heavy atom. The van der Waals surface area contributed by atoms with E-state index in [1.165, 1.54) is 0 Å². The third-order valence-corrected chi connectivity index (χ3v) is 3.10. The van der Waals surface area contributed by atoms with Gasteiger partial charge in [0.1, 0.15) is 0 Å². The van der Waals surface area contributed by atoms with E-state index >= 15 is 0 Å². The van der Waals surface area contributed by atoms with Gasteiger partial charge in [0.2, 0.25) is 5.91 Å². The molecule has 0 spiro atoms. The van der Waals surface area contributed by atoms with Crippen molar-refractivity contribution >= 4 is 27.5 Å². The Kier molecular flexibility index (Phi) is 4.71. The Balaban J connectivity index is 2.61. The molecule has 1 aromatic carbocycles. The van der Waals surface area contributed by atoms with Crippen LogP contribution in [0.15, 0.2) is 28.7 Å². The molecule has 0 unspecified atom stereocenters. The zero-order valence-electron chi connectivity index (χ0n) is 10.5. The lowest BCUT2D eigenvalue weighted by molar-refractivity contribution is -0.118. The first-order valence-electron chi connectivity index (χ1n) is 5.60. The fourth-order valence-electron chi connectivity index (χ4n) is 1.41. The minimum absolute atomic E-state index is 0.0887. The fourth-order valence-corrected chi connectivity index (χ4v) is 1.67. The number of halogens is 1. The molecule has 2 N–H and O–H groups in total. The van der Waals surface area contributed by atoms with Gasteiger partial charge in [-0.15, -0.1) is 0 Å². The van der Waals surface area contributed by atoms with Crippen molar-refractivity contribution in [2.75, 3.05) is 11.9 Å². The number of carbonyl (C=O) groups is 1. The van der Waals surface area contributed by atoms with Crippen LogP contribution in [-0.4, -0.2) is 18.5 Å². The number of nitrogens with zero attached hydrogens (tertiary/aromatic N) is 1. The second-order valence-corrected chi connectivity index (χ2v) is 5.83. The summed E-state index contributed by atoms with van der Waals surface area (Å²) in [7, 11) is 1.79. The third kappa shape index (κ3) is 4.88. The number of hydrogen-bond acceptors (Lipinski definition) is 2. The standard InChI is InChI=1S/C13H19BrN2O/c1-13(2,15)9-8-12(17)16(3)11-6-4-10(14)5-7-11/h4-7H,8-9,15H2,1-3H3. The maximum Gasteiger partial charge on any atom is 0.226 e. The number of anilines is 1. The third-order valence-electron chi connectivity index (χ3n) is 2.57. The second-order valence-electron chi connectivity index (χ2n) is 4.92. The molecule has 0 radical (unpaired) electrons. The molecule has 0 fully saturated rings. The average molecular weight is 299 g/mol. The lowest BCUT2D eigenvalue weighted by atomic mass is 10.00. The molecule has 1 rings (SSSR count). The number of amides is 1. The van der Waals surface area contributed by atoms with Crippen LogP contribution in [0.1, 0.15) is 26.7 Å². The molecule has 0 saturated heterocycles. The molecule has 0 heterocycles. The molecular formula is C13H19BrN2O. The summed E-state index contributed by atoms with van der Waals surface area (Å²) in [6, 6.07) is 7.67. The van der Waals surface area contributed by atoms with E-state index in [0.717, 1.165) is 10.2 Å². The topological polar surface area (TPSA) is 46.3 Å². The summed E-state index contributed by atoms with van der Waals surface area (Å²) in [5.74, 6) is 0.0887. The van der Waals surface area contributed by atoms with E-state index in [0.29, 0.717) is 12.8 Å². The highest BCUT2D eigenvalue weighted by molar-refractivity contribution is 9.10. The molecule has 3 nitrogen and oxygen atoms in total. The summed E-state index contributed by atoms with van der Waals surface area (Å²) in [4.78, 5) is 13.6. The van der Waals surface area contributed by atoms with Gasteiger partial charge in [0.15, 0.2) is 0 Å². The van der Waals surface area contributed by atoms with Crippen molar-refractivity contribution in [2.24, 2.45) is 5.73 Å². The summed E-state index contributed by atoms with van der Waals surface area (Å²) >= 11 is 3.37. The molecule has 1 amide bonds. The molecule has 0 bridgehead atoms. The molecule has 0 aliphatic carbocycles. The summed E-state index contributed by atoms with van der Waals surface area (Å²) in [6.45, 7) is 3.86. The van der Waals surface area contributed by atoms with Crippen LogP contribution in [-0.2, 0) is 4.79 Å². The number of carbonyl (C=O) groups excluding carboxylic acids is 1. The smallest absolute Gasteiger partial charge is 0.226 e. The van der Waals surface area contributed by atoms with Gasteiger partial charge in [-0.05, 0) is 44.5 Å². The zero-order valence-corrected chi connectivity index (χ0v) is 12.1. The molecule has 94 valence electrons. The number of benzene rings is 1. The van der Waals surface area contributed by atoms with Gasteiger partial charge < -0.3 is 10.6 Å². The predicted octanol–water partition coefficient (Wildman–Crippen LogP) is 2.93. The molecule has 4 heteroatoms. The first-order chi connectivity index (χ1) is 7.79. The van der Waals surface area contributed by atoms with E-state index in [-0.39, 0.29) is 11.4 Å². The van der Waals surface area contributed by atoms with Gasteiger partial charge in [-0.1, -0.05) is 15.9 Å². The maximum atomic E-state index is 11.9. The molecule has 1 aromatic rings. The lowest BCUT2D eigenvalue weighted by Crippen LogP contribution is -2.35. The first kappa shape index (κ1) is 14.2. The SMILES string of the molecule is CN(C(=O)CCC(C)(C)N)c1ccc(Br)cc1. The van der Waals surface area contributed by atoms with Crippen LogP contribution in [0.25, 0.3) is 0 Å². The van der Waals surface area contributed by atoms with Crippen molar-refractivity contribution in [3.05, 3.63) is 28.7 Å². The minimum Gasteiger partial charge on any atom is -0.326 e. The fraction of sp³-hybridized carbons (Fsp3) is 0.462. The van der Waals surface area contributed by atoms with Crippen LogP contribution in [0, 0.1) is 0 Å². The van der Waals surface area contributed by atoms with Crippen molar-refractivity contribution in [1.29, 1.82) is 0 Å². The van der Waals surface area contributed by atoms with Crippen LogP contribution >= 0.6 is 15.9 Å². The van der Waals surface area contributed by atoms with Gasteiger partial charge in [0.05, 0.1) is 0 Å². The van der Waals surface area contributed by atoms with Gasteiger partial charge in [0.25, 0.3) is 0 Å². The van der Waals surface area contributed by atoms with Crippen LogP contribution in [0.5, 0.6) is 0 Å². The number of rotatable bonds is 4. The van der Waals surface area contributed by atoms with E-state index < -0.39 is 0 Å². The predicted molar refractivity (Wildman–Crippen MR) is 75.1 cm³/mol. The monoisotopic (exact) mass is 298 g/mol. The average Bonchev–Trinajstić information content (AvgIpc) is 2.25. The Hall–Kier alpha value is -0.870. The maximum absolute atomic E-state index is 11.9. The van der Waals surface area contributed by atoms with E-state index in [2.05, 4.69) is 15.9 Å². The van der Waals surface area contributed by atoms with E-state index in [1.54, 1.807) is 11.9 Å². The molecule has 0 aliphatic rings. The van der Waals surface area contributed by atoms with Gasteiger partial charge in [-0.3, -0.25) is 4.79 Å². The van der Waals surface area contributed by atoms with Gasteiger partial charge in [-0.2, -0.15) is 0 Å². The molecular weight excluding hydrogens is 280 g/mol. The minimum atomic E-state index is -0.295. The molecule has 0 aliphatic heterocycles. The Bertz CT molecular complexity index is 381. The lowest BCUT2D eigenvalue weighted by Gasteiger charge is -2.21. The van der Waals surface area contributed by atoms with Crippen molar-refractivity contribution in [2.45, 2.75) is 32.2 Å². The highest BCUT2D eigenvalue weighted by Gasteiger charge is 2.16. The summed E-state index contributed by atoms with van der Waals surface area (Å²) in [5, 5.41) is 0. The Morgan fingerprint density at radius 3 is 2.35 bits per heavy atom. The Morgan fingerprint density at radius 2 is 1.88 bits per heavy atom. The number of hydrogen-bond donors (Lipinski definition) is 1. The van der Waals surface area contributed by atoms with Crippen LogP contribution in [0.2, 0.25) is 0 Å². The molecule has 0 saturated carbocycles. The molecule has 0 aromatic heterocycles. The Labute approximate surface area is 111 Å². The highest BCUT2D eigenvalue weighted by atomic mass is 79.9. The van der Waals surface area contributed by atoms with E-state index in [1.807, 2.05) is 38.1 Å². The molecule has 17 heavy (non-hydrogen) atoms. The highest BCUT2D eigenvalue weighted by Crippen LogP contribution is 2.19. The molecule has 0 atom stereocenters. The normalized spacial score (nSPS) is 11.4. The van der Waals surface area contributed by atoms with Crippen LogP contribution in [0.4, 0.5) is 5.69 Å². The van der Waals surface area contributed by atoms with Crippen LogP contribution in [0.3, 0.4) is 0 Å². The van der Waals surface area contributed by atoms with E-state index in [4.69, 9.17) is 5.73 Å². The van der Waals surface area contributed by atoms with Crippen molar-refractivity contribution in [3.8, 4) is 0 Å². The first-order valence-corrected chi connectivity index (χ1v) is 6.40. The summed E-state index contributed by atoms with van der Waals surface area (Å²) in [5.41, 5.74) is 6.47.